The van der Waals surface area contributed by atoms with Crippen molar-refractivity contribution in [3.63, 3.8) is 0 Å². The number of hydrogen-bond donors (Lipinski definition) is 1. The maximum absolute atomic E-state index is 13.3. The highest BCUT2D eigenvalue weighted by atomic mass is 35.5. The molecular formula is C23H26Cl3F3N4O2. The smallest absolute Gasteiger partial charge is 0.436 e. The summed E-state index contributed by atoms with van der Waals surface area (Å²) in [5.41, 5.74) is -0.0818. The van der Waals surface area contributed by atoms with E-state index in [2.05, 4.69) is 15.3 Å². The average Bonchev–Trinajstić information content (AvgIpc) is 3.61. The van der Waals surface area contributed by atoms with Crippen LogP contribution in [0.25, 0.3) is 0 Å². The Labute approximate surface area is 216 Å². The standard InChI is InChI=1S/C23H26Cl3F3N4O2/c1-12-20(26)21(23(27,28)29)31-33(12)11-17(30-22(34)14-3-4-14)13-5-7-32(8-6-13)18-10-19(35-2)16(25)9-15(18)24/h9-10,13-14,17H,3-8,11H2,1-2H3,(H,30,34). The number of aromatic nitrogens is 2. The number of carbonyl (C=O) groups is 1. The molecule has 1 aliphatic heterocycles. The van der Waals surface area contributed by atoms with Gasteiger partial charge in [-0.05, 0) is 44.6 Å². The highest BCUT2D eigenvalue weighted by molar-refractivity contribution is 6.37. The Morgan fingerprint density at radius 3 is 2.37 bits per heavy atom. The minimum Gasteiger partial charge on any atom is -0.495 e. The fourth-order valence-corrected chi connectivity index (χ4v) is 5.31. The molecule has 0 radical (unpaired) electrons. The van der Waals surface area contributed by atoms with E-state index < -0.39 is 16.9 Å². The summed E-state index contributed by atoms with van der Waals surface area (Å²) < 4.78 is 46.5. The molecular weight excluding hydrogens is 528 g/mol. The zero-order valence-corrected chi connectivity index (χ0v) is 21.5. The van der Waals surface area contributed by atoms with Gasteiger partial charge in [0.15, 0.2) is 5.69 Å². The number of hydrogen-bond acceptors (Lipinski definition) is 4. The summed E-state index contributed by atoms with van der Waals surface area (Å²) in [5, 5.41) is 7.34. The van der Waals surface area contributed by atoms with Gasteiger partial charge in [-0.1, -0.05) is 34.8 Å². The molecule has 1 saturated carbocycles. The number of ether oxygens (including phenoxy) is 1. The number of nitrogens with zero attached hydrogens (tertiary/aromatic N) is 3. The second kappa shape index (κ2) is 10.3. The molecule has 4 rings (SSSR count). The quantitative estimate of drug-likeness (QED) is 0.458. The van der Waals surface area contributed by atoms with Crippen molar-refractivity contribution in [3.8, 4) is 5.75 Å². The lowest BCUT2D eigenvalue weighted by Gasteiger charge is -2.38. The number of nitrogens with one attached hydrogen (secondary N) is 1. The van der Waals surface area contributed by atoms with Crippen LogP contribution in [0.5, 0.6) is 5.75 Å². The first-order valence-electron chi connectivity index (χ1n) is 11.4. The molecule has 2 heterocycles. The van der Waals surface area contributed by atoms with Gasteiger partial charge < -0.3 is 15.0 Å². The number of carbonyl (C=O) groups excluding carboxylic acids is 1. The van der Waals surface area contributed by atoms with Crippen LogP contribution in [-0.4, -0.2) is 41.9 Å². The van der Waals surface area contributed by atoms with Gasteiger partial charge in [0.05, 0.1) is 46.1 Å². The monoisotopic (exact) mass is 552 g/mol. The zero-order valence-electron chi connectivity index (χ0n) is 19.3. The van der Waals surface area contributed by atoms with Gasteiger partial charge in [-0.25, -0.2) is 0 Å². The lowest BCUT2D eigenvalue weighted by atomic mass is 9.88. The minimum absolute atomic E-state index is 0.0222. The van der Waals surface area contributed by atoms with Crippen LogP contribution < -0.4 is 15.0 Å². The Hall–Kier alpha value is -1.84. The number of benzene rings is 1. The van der Waals surface area contributed by atoms with Crippen LogP contribution in [0, 0.1) is 18.8 Å². The van der Waals surface area contributed by atoms with Crippen LogP contribution in [0.15, 0.2) is 12.1 Å². The number of anilines is 1. The maximum atomic E-state index is 13.3. The molecule has 1 amide bonds. The molecule has 1 aromatic carbocycles. The first kappa shape index (κ1) is 26.2. The van der Waals surface area contributed by atoms with Crippen molar-refractivity contribution in [1.82, 2.24) is 15.1 Å². The van der Waals surface area contributed by atoms with E-state index in [4.69, 9.17) is 39.5 Å². The Morgan fingerprint density at radius 1 is 1.17 bits per heavy atom. The second-order valence-electron chi connectivity index (χ2n) is 9.08. The van der Waals surface area contributed by atoms with E-state index in [0.717, 1.165) is 18.5 Å². The molecule has 2 aliphatic rings. The second-order valence-corrected chi connectivity index (χ2v) is 10.3. The lowest BCUT2D eigenvalue weighted by molar-refractivity contribution is -0.141. The topological polar surface area (TPSA) is 59.4 Å². The highest BCUT2D eigenvalue weighted by Crippen LogP contribution is 2.39. The van der Waals surface area contributed by atoms with Crippen molar-refractivity contribution < 1.29 is 22.7 Å². The Bertz CT molecular complexity index is 1100. The number of methoxy groups -OCH3 is 1. The number of halogens is 6. The molecule has 192 valence electrons. The van der Waals surface area contributed by atoms with Gasteiger partial charge in [-0.3, -0.25) is 9.48 Å². The molecule has 2 aromatic rings. The summed E-state index contributed by atoms with van der Waals surface area (Å²) in [4.78, 5) is 14.7. The molecule has 0 spiro atoms. The van der Waals surface area contributed by atoms with Crippen LogP contribution in [0.4, 0.5) is 18.9 Å². The molecule has 2 fully saturated rings. The fraction of sp³-hybridized carbons (Fsp3) is 0.565. The van der Waals surface area contributed by atoms with Crippen molar-refractivity contribution in [2.24, 2.45) is 11.8 Å². The van der Waals surface area contributed by atoms with Crippen LogP contribution in [0.2, 0.25) is 15.1 Å². The molecule has 1 aromatic heterocycles. The van der Waals surface area contributed by atoms with Gasteiger partial charge in [0, 0.05) is 25.1 Å². The van der Waals surface area contributed by atoms with Crippen molar-refractivity contribution in [3.05, 3.63) is 38.6 Å². The SMILES string of the molecule is COc1cc(N2CCC(C(Cn3nc(C(F)(F)F)c(Cl)c3C)NC(=O)C3CC3)CC2)c(Cl)cc1Cl. The van der Waals surface area contributed by atoms with Gasteiger partial charge in [0.2, 0.25) is 5.91 Å². The highest BCUT2D eigenvalue weighted by Gasteiger charge is 2.39. The van der Waals surface area contributed by atoms with Crippen LogP contribution in [-0.2, 0) is 17.5 Å². The molecule has 35 heavy (non-hydrogen) atoms. The largest absolute Gasteiger partial charge is 0.495 e. The summed E-state index contributed by atoms with van der Waals surface area (Å²) in [5.74, 6) is 0.480. The van der Waals surface area contributed by atoms with Crippen LogP contribution in [0.3, 0.4) is 0 Å². The molecule has 1 N–H and O–H groups in total. The predicted molar refractivity (Wildman–Crippen MR) is 130 cm³/mol. The van der Waals surface area contributed by atoms with E-state index in [0.29, 0.717) is 41.7 Å². The van der Waals surface area contributed by atoms with Crippen molar-refractivity contribution in [2.75, 3.05) is 25.1 Å². The Kier molecular flexibility index (Phi) is 7.69. The third-order valence-corrected chi connectivity index (χ3v) is 7.77. The zero-order chi connectivity index (χ0) is 25.5. The summed E-state index contributed by atoms with van der Waals surface area (Å²) in [7, 11) is 1.53. The van der Waals surface area contributed by atoms with E-state index in [1.165, 1.54) is 18.7 Å². The fourth-order valence-electron chi connectivity index (χ4n) is 4.49. The summed E-state index contributed by atoms with van der Waals surface area (Å²) in [6, 6.07) is 3.06. The van der Waals surface area contributed by atoms with E-state index in [-0.39, 0.29) is 36.0 Å². The van der Waals surface area contributed by atoms with Gasteiger partial charge in [-0.15, -0.1) is 0 Å². The van der Waals surface area contributed by atoms with Crippen LogP contribution >= 0.6 is 34.8 Å². The van der Waals surface area contributed by atoms with Gasteiger partial charge in [0.1, 0.15) is 5.75 Å². The third kappa shape index (κ3) is 5.78. The summed E-state index contributed by atoms with van der Waals surface area (Å²) in [6.07, 6.45) is -1.57. The third-order valence-electron chi connectivity index (χ3n) is 6.72. The van der Waals surface area contributed by atoms with Gasteiger partial charge in [-0.2, -0.15) is 18.3 Å². The minimum atomic E-state index is -4.65. The van der Waals surface area contributed by atoms with Crippen molar-refractivity contribution >= 4 is 46.4 Å². The molecule has 1 atom stereocenters. The van der Waals surface area contributed by atoms with Gasteiger partial charge >= 0.3 is 6.18 Å². The van der Waals surface area contributed by atoms with E-state index in [1.807, 2.05) is 0 Å². The van der Waals surface area contributed by atoms with E-state index in [9.17, 15) is 18.0 Å². The Morgan fingerprint density at radius 2 is 1.83 bits per heavy atom. The maximum Gasteiger partial charge on any atom is 0.436 e. The first-order chi connectivity index (χ1) is 16.5. The Balaban J connectivity index is 1.51. The van der Waals surface area contributed by atoms with Crippen molar-refractivity contribution in [1.29, 1.82) is 0 Å². The number of piperidine rings is 1. The lowest BCUT2D eigenvalue weighted by Crippen LogP contribution is -2.48. The molecule has 1 aliphatic carbocycles. The molecule has 12 heteroatoms. The molecule has 1 saturated heterocycles. The van der Waals surface area contributed by atoms with Crippen LogP contribution in [0.1, 0.15) is 37.1 Å². The molecule has 6 nitrogen and oxygen atoms in total. The normalized spacial score (nSPS) is 18.0. The first-order valence-corrected chi connectivity index (χ1v) is 12.5. The van der Waals surface area contributed by atoms with Gasteiger partial charge in [0.25, 0.3) is 0 Å². The number of amides is 1. The average molecular weight is 554 g/mol. The van der Waals surface area contributed by atoms with E-state index in [1.54, 1.807) is 12.1 Å². The van der Waals surface area contributed by atoms with Crippen molar-refractivity contribution in [2.45, 2.75) is 51.4 Å². The molecule has 0 bridgehead atoms. The number of alkyl halides is 3. The summed E-state index contributed by atoms with van der Waals surface area (Å²) in [6.45, 7) is 2.92. The number of rotatable bonds is 7. The summed E-state index contributed by atoms with van der Waals surface area (Å²) >= 11 is 18.5. The predicted octanol–water partition coefficient (Wildman–Crippen LogP) is 5.99. The molecule has 1 unspecified atom stereocenters. The van der Waals surface area contributed by atoms with E-state index >= 15 is 0 Å².